The van der Waals surface area contributed by atoms with E-state index < -0.39 is 16.3 Å². The molecule has 1 N–H and O–H groups in total. The second kappa shape index (κ2) is 5.95. The molecule has 0 saturated heterocycles. The Balaban J connectivity index is 2.66. The Bertz CT molecular complexity index is 427. The van der Waals surface area contributed by atoms with Crippen molar-refractivity contribution in [3.8, 4) is 0 Å². The number of rotatable bonds is 6. The second-order valence-electron chi connectivity index (χ2n) is 2.81. The van der Waals surface area contributed by atoms with Gasteiger partial charge in [0.1, 0.15) is 4.21 Å². The Labute approximate surface area is 103 Å². The molecule has 0 radical (unpaired) electrons. The normalized spacial score (nSPS) is 12.2. The van der Waals surface area contributed by atoms with E-state index in [2.05, 4.69) is 4.72 Å². The maximum absolute atomic E-state index is 11.7. The first-order valence-corrected chi connectivity index (χ1v) is 6.98. The molecule has 0 aliphatic rings. The van der Waals surface area contributed by atoms with Crippen LogP contribution in [0.1, 0.15) is 0 Å². The van der Waals surface area contributed by atoms with E-state index in [1.54, 1.807) is 0 Å². The molecule has 1 aromatic rings. The minimum absolute atomic E-state index is 0.0465. The van der Waals surface area contributed by atoms with Gasteiger partial charge in [-0.25, -0.2) is 13.1 Å². The summed E-state index contributed by atoms with van der Waals surface area (Å²) in [6, 6.07) is 2.98. The van der Waals surface area contributed by atoms with Crippen LogP contribution in [0, 0.1) is 0 Å². The van der Waals surface area contributed by atoms with Crippen molar-refractivity contribution >= 4 is 33.0 Å². The molecule has 0 unspecified atom stereocenters. The highest BCUT2D eigenvalue weighted by molar-refractivity contribution is 7.91. The van der Waals surface area contributed by atoms with Gasteiger partial charge < -0.3 is 9.47 Å². The molecular formula is C8H12ClNO4S2. The van der Waals surface area contributed by atoms with Crippen LogP contribution in [0.3, 0.4) is 0 Å². The topological polar surface area (TPSA) is 64.6 Å². The molecule has 0 aliphatic heterocycles. The quantitative estimate of drug-likeness (QED) is 0.800. The maximum Gasteiger partial charge on any atom is 0.250 e. The molecule has 0 amide bonds. The Morgan fingerprint density at radius 3 is 2.50 bits per heavy atom. The third kappa shape index (κ3) is 3.69. The number of hydrogen-bond acceptors (Lipinski definition) is 5. The van der Waals surface area contributed by atoms with Crippen molar-refractivity contribution in [2.24, 2.45) is 0 Å². The second-order valence-corrected chi connectivity index (χ2v) is 6.52. The van der Waals surface area contributed by atoms with Crippen molar-refractivity contribution in [3.05, 3.63) is 16.5 Å². The molecule has 0 saturated carbocycles. The van der Waals surface area contributed by atoms with Crippen LogP contribution in [-0.2, 0) is 19.5 Å². The monoisotopic (exact) mass is 285 g/mol. The van der Waals surface area contributed by atoms with E-state index >= 15 is 0 Å². The van der Waals surface area contributed by atoms with Gasteiger partial charge in [-0.1, -0.05) is 11.6 Å². The molecule has 5 nitrogen and oxygen atoms in total. The lowest BCUT2D eigenvalue weighted by molar-refractivity contribution is -0.0960. The number of ether oxygens (including phenoxy) is 2. The van der Waals surface area contributed by atoms with Gasteiger partial charge in [0.15, 0.2) is 6.29 Å². The summed E-state index contributed by atoms with van der Waals surface area (Å²) >= 11 is 6.66. The smallest absolute Gasteiger partial charge is 0.250 e. The Morgan fingerprint density at radius 1 is 1.44 bits per heavy atom. The first-order chi connectivity index (χ1) is 7.49. The molecule has 8 heteroatoms. The summed E-state index contributed by atoms with van der Waals surface area (Å²) in [6.07, 6.45) is -0.606. The minimum atomic E-state index is -3.53. The van der Waals surface area contributed by atoms with Crippen LogP contribution in [0.15, 0.2) is 16.3 Å². The fourth-order valence-corrected chi connectivity index (χ4v) is 3.50. The molecule has 0 aromatic carbocycles. The van der Waals surface area contributed by atoms with E-state index in [4.69, 9.17) is 21.1 Å². The zero-order valence-corrected chi connectivity index (χ0v) is 11.2. The summed E-state index contributed by atoms with van der Waals surface area (Å²) in [4.78, 5) is 0. The predicted molar refractivity (Wildman–Crippen MR) is 62.3 cm³/mol. The van der Waals surface area contributed by atoms with Crippen molar-refractivity contribution in [2.45, 2.75) is 10.5 Å². The summed E-state index contributed by atoms with van der Waals surface area (Å²) in [5, 5.41) is 0. The standard InChI is InChI=1S/C8H12ClNO4S2/c1-13-7(14-2)5-10-16(11,12)8-4-3-6(9)15-8/h3-4,7,10H,5H2,1-2H3. The lowest BCUT2D eigenvalue weighted by atomic mass is 10.6. The molecule has 1 heterocycles. The van der Waals surface area contributed by atoms with Crippen LogP contribution in [0.2, 0.25) is 4.34 Å². The van der Waals surface area contributed by atoms with Gasteiger partial charge in [0.2, 0.25) is 10.0 Å². The average Bonchev–Trinajstić information content (AvgIpc) is 2.67. The van der Waals surface area contributed by atoms with Gasteiger partial charge in [0.05, 0.1) is 10.9 Å². The summed E-state index contributed by atoms with van der Waals surface area (Å²) in [5.74, 6) is 0. The van der Waals surface area contributed by atoms with Gasteiger partial charge in [-0.2, -0.15) is 0 Å². The van der Waals surface area contributed by atoms with Crippen molar-refractivity contribution in [1.29, 1.82) is 0 Å². The first-order valence-electron chi connectivity index (χ1n) is 4.30. The summed E-state index contributed by atoms with van der Waals surface area (Å²) < 4.78 is 36.1. The summed E-state index contributed by atoms with van der Waals surface area (Å²) in [7, 11) is -0.661. The highest BCUT2D eigenvalue weighted by atomic mass is 35.5. The van der Waals surface area contributed by atoms with Gasteiger partial charge in [0, 0.05) is 14.2 Å². The highest BCUT2D eigenvalue weighted by Crippen LogP contribution is 2.25. The molecule has 0 spiro atoms. The number of methoxy groups -OCH3 is 2. The third-order valence-corrected chi connectivity index (χ3v) is 4.93. The molecule has 0 fully saturated rings. The molecule has 16 heavy (non-hydrogen) atoms. The van der Waals surface area contributed by atoms with Gasteiger partial charge in [0.25, 0.3) is 0 Å². The zero-order valence-electron chi connectivity index (χ0n) is 8.77. The van der Waals surface area contributed by atoms with Crippen LogP contribution in [-0.4, -0.2) is 35.5 Å². The van der Waals surface area contributed by atoms with Crippen molar-refractivity contribution in [2.75, 3.05) is 20.8 Å². The summed E-state index contributed by atoms with van der Waals surface area (Å²) in [5.41, 5.74) is 0. The summed E-state index contributed by atoms with van der Waals surface area (Å²) in [6.45, 7) is 0.0465. The minimum Gasteiger partial charge on any atom is -0.355 e. The van der Waals surface area contributed by atoms with Gasteiger partial charge in [-0.05, 0) is 12.1 Å². The molecule has 0 atom stereocenters. The predicted octanol–water partition coefficient (Wildman–Crippen LogP) is 1.30. The zero-order chi connectivity index (χ0) is 12.2. The number of thiophene rings is 1. The molecule has 92 valence electrons. The number of halogens is 1. The number of hydrogen-bond donors (Lipinski definition) is 1. The van der Waals surface area contributed by atoms with Crippen LogP contribution < -0.4 is 4.72 Å². The van der Waals surface area contributed by atoms with E-state index in [9.17, 15) is 8.42 Å². The van der Waals surface area contributed by atoms with E-state index in [-0.39, 0.29) is 10.8 Å². The lowest BCUT2D eigenvalue weighted by Gasteiger charge is -2.13. The average molecular weight is 286 g/mol. The fourth-order valence-electron chi connectivity index (χ4n) is 0.954. The van der Waals surface area contributed by atoms with Crippen LogP contribution in [0.4, 0.5) is 0 Å². The van der Waals surface area contributed by atoms with Crippen molar-refractivity contribution < 1.29 is 17.9 Å². The molecule has 0 aliphatic carbocycles. The maximum atomic E-state index is 11.7. The van der Waals surface area contributed by atoms with Gasteiger partial charge >= 0.3 is 0 Å². The van der Waals surface area contributed by atoms with Crippen molar-refractivity contribution in [3.63, 3.8) is 0 Å². The van der Waals surface area contributed by atoms with Gasteiger partial charge in [-0.15, -0.1) is 11.3 Å². The van der Waals surface area contributed by atoms with Crippen LogP contribution >= 0.6 is 22.9 Å². The first kappa shape index (κ1) is 13.9. The van der Waals surface area contributed by atoms with E-state index in [0.717, 1.165) is 11.3 Å². The number of nitrogens with one attached hydrogen (secondary N) is 1. The molecule has 0 bridgehead atoms. The molecular weight excluding hydrogens is 274 g/mol. The largest absolute Gasteiger partial charge is 0.355 e. The van der Waals surface area contributed by atoms with E-state index in [1.807, 2.05) is 0 Å². The molecule has 1 rings (SSSR count). The van der Waals surface area contributed by atoms with Crippen LogP contribution in [0.5, 0.6) is 0 Å². The molecule has 1 aromatic heterocycles. The van der Waals surface area contributed by atoms with E-state index in [0.29, 0.717) is 4.34 Å². The fraction of sp³-hybridized carbons (Fsp3) is 0.500. The highest BCUT2D eigenvalue weighted by Gasteiger charge is 2.18. The van der Waals surface area contributed by atoms with Crippen molar-refractivity contribution in [1.82, 2.24) is 4.72 Å². The van der Waals surface area contributed by atoms with E-state index in [1.165, 1.54) is 26.4 Å². The Kier molecular flexibility index (Phi) is 5.16. The Morgan fingerprint density at radius 2 is 2.06 bits per heavy atom. The lowest BCUT2D eigenvalue weighted by Crippen LogP contribution is -2.33. The van der Waals surface area contributed by atoms with Crippen LogP contribution in [0.25, 0.3) is 0 Å². The number of sulfonamides is 1. The third-order valence-electron chi connectivity index (χ3n) is 1.78. The SMILES string of the molecule is COC(CNS(=O)(=O)c1ccc(Cl)s1)OC. The van der Waals surface area contributed by atoms with Gasteiger partial charge in [-0.3, -0.25) is 0 Å². The Hall–Kier alpha value is -0.180.